The van der Waals surface area contributed by atoms with E-state index in [2.05, 4.69) is 41.7 Å². The van der Waals surface area contributed by atoms with Crippen LogP contribution in [0.25, 0.3) is 0 Å². The first-order valence-corrected chi connectivity index (χ1v) is 22.3. The van der Waals surface area contributed by atoms with Crippen molar-refractivity contribution in [1.82, 2.24) is 9.80 Å². The third-order valence-corrected chi connectivity index (χ3v) is 10.8. The predicted octanol–water partition coefficient (Wildman–Crippen LogP) is 12.5. The minimum Gasteiger partial charge on any atom is -0.287 e. The molecule has 0 bridgehead atoms. The lowest BCUT2D eigenvalue weighted by molar-refractivity contribution is 0.0832. The number of unbranched alkanes of at least 4 members (excludes halogenated alkanes) is 24. The van der Waals surface area contributed by atoms with Gasteiger partial charge in [-0.15, -0.1) is 0 Å². The summed E-state index contributed by atoms with van der Waals surface area (Å²) >= 11 is 0. The van der Waals surface area contributed by atoms with Crippen molar-refractivity contribution in [3.8, 4) is 0 Å². The average Bonchev–Trinajstić information content (AvgIpc) is 3.45. The molecule has 1 aliphatic heterocycles. The molecular formula is C40H84N2O4S. The smallest absolute Gasteiger partial charge is 0.287 e. The Labute approximate surface area is 295 Å². The van der Waals surface area contributed by atoms with Gasteiger partial charge in [0.05, 0.1) is 12.8 Å². The van der Waals surface area contributed by atoms with Gasteiger partial charge in [0.1, 0.15) is 0 Å². The first kappa shape index (κ1) is 46.8. The van der Waals surface area contributed by atoms with Gasteiger partial charge in [0.2, 0.25) is 0 Å². The van der Waals surface area contributed by atoms with Gasteiger partial charge in [-0.25, -0.2) is 4.18 Å². The normalized spacial score (nSPS) is 16.4. The molecule has 1 saturated heterocycles. The van der Waals surface area contributed by atoms with E-state index in [1.54, 1.807) is 0 Å². The zero-order valence-corrected chi connectivity index (χ0v) is 33.3. The average molecular weight is 689 g/mol. The summed E-state index contributed by atoms with van der Waals surface area (Å²) < 4.78 is 30.7. The molecule has 0 aromatic heterocycles. The first-order chi connectivity index (χ1) is 22.8. The molecule has 2 unspecified atom stereocenters. The summed E-state index contributed by atoms with van der Waals surface area (Å²) in [6, 6.07) is 0.816. The summed E-state index contributed by atoms with van der Waals surface area (Å²) in [6.07, 6.45) is 42.8. The highest BCUT2D eigenvalue weighted by Crippen LogP contribution is 2.27. The van der Waals surface area contributed by atoms with Crippen LogP contribution >= 0.6 is 0 Å². The maximum atomic E-state index is 9.56. The number of hydrogen-bond acceptors (Lipinski definition) is 5. The monoisotopic (exact) mass is 689 g/mol. The Balaban J connectivity index is 0.00000270. The lowest BCUT2D eigenvalue weighted by atomic mass is 10.0. The Morgan fingerprint density at radius 3 is 1.28 bits per heavy atom. The Morgan fingerprint density at radius 2 is 0.957 bits per heavy atom. The summed E-state index contributed by atoms with van der Waals surface area (Å²) in [6.45, 7) is 14.7. The molecule has 2 atom stereocenters. The van der Waals surface area contributed by atoms with E-state index in [0.717, 1.165) is 12.2 Å². The molecule has 0 aliphatic carbocycles. The summed E-state index contributed by atoms with van der Waals surface area (Å²) in [5.41, 5.74) is 0. The van der Waals surface area contributed by atoms with Gasteiger partial charge < -0.3 is 0 Å². The second-order valence-corrected chi connectivity index (χ2v) is 15.4. The maximum Gasteiger partial charge on any atom is 0.397 e. The molecule has 0 aromatic carbocycles. The Bertz CT molecular complexity index is 736. The number of hydrogen-bond donors (Lipinski definition) is 1. The second kappa shape index (κ2) is 34.2. The number of nitrogens with zero attached hydrogens (tertiary/aromatic N) is 2. The summed E-state index contributed by atoms with van der Waals surface area (Å²) in [5.74, 6) is 0. The van der Waals surface area contributed by atoms with Crippen molar-refractivity contribution in [2.45, 2.75) is 233 Å². The van der Waals surface area contributed by atoms with E-state index in [-0.39, 0.29) is 6.61 Å². The van der Waals surface area contributed by atoms with Crippen molar-refractivity contribution in [2.75, 3.05) is 26.2 Å². The molecular weight excluding hydrogens is 605 g/mol. The predicted molar refractivity (Wildman–Crippen MR) is 206 cm³/mol. The lowest BCUT2D eigenvalue weighted by Crippen LogP contribution is -2.44. The molecule has 1 fully saturated rings. The number of likely N-dealkylation sites (N-methyl/N-ethyl adjacent to an activating group) is 1. The van der Waals surface area contributed by atoms with Crippen LogP contribution in [0.15, 0.2) is 0 Å². The van der Waals surface area contributed by atoms with Gasteiger partial charge in [-0.2, -0.15) is 8.42 Å². The maximum absolute atomic E-state index is 9.56. The molecule has 0 amide bonds. The Kier molecular flexibility index (Phi) is 34.1. The molecule has 47 heavy (non-hydrogen) atoms. The molecule has 1 aliphatic rings. The van der Waals surface area contributed by atoms with E-state index in [9.17, 15) is 8.42 Å². The van der Waals surface area contributed by atoms with E-state index >= 15 is 0 Å². The van der Waals surface area contributed by atoms with Crippen LogP contribution in [0.2, 0.25) is 0 Å². The summed E-state index contributed by atoms with van der Waals surface area (Å²) in [4.78, 5) is 5.72. The van der Waals surface area contributed by atoms with Crippen LogP contribution in [-0.4, -0.2) is 61.2 Å². The molecule has 0 saturated carbocycles. The van der Waals surface area contributed by atoms with Crippen LogP contribution in [0.4, 0.5) is 0 Å². The molecule has 0 aromatic rings. The SMILES string of the molecule is CCCCCCCCCCCCCCCC(CC)N1CCN(CC)C1CCCCCCCCCCCCCCC.CCOS(=O)(=O)O. The molecule has 0 spiro atoms. The zero-order chi connectivity index (χ0) is 34.9. The molecule has 1 rings (SSSR count). The molecule has 6 nitrogen and oxygen atoms in total. The van der Waals surface area contributed by atoms with E-state index < -0.39 is 10.4 Å². The fourth-order valence-corrected chi connectivity index (χ4v) is 7.69. The molecule has 0 radical (unpaired) electrons. The number of rotatable bonds is 33. The second-order valence-electron chi connectivity index (χ2n) is 14.3. The van der Waals surface area contributed by atoms with Crippen LogP contribution in [0, 0.1) is 0 Å². The van der Waals surface area contributed by atoms with Crippen molar-refractivity contribution in [1.29, 1.82) is 0 Å². The van der Waals surface area contributed by atoms with Crippen molar-refractivity contribution in [3.05, 3.63) is 0 Å². The Morgan fingerprint density at radius 1 is 0.574 bits per heavy atom. The Hall–Kier alpha value is -0.210. The highest BCUT2D eigenvalue weighted by molar-refractivity contribution is 7.80. The summed E-state index contributed by atoms with van der Waals surface area (Å²) in [5, 5.41) is 0. The van der Waals surface area contributed by atoms with Crippen LogP contribution < -0.4 is 0 Å². The van der Waals surface area contributed by atoms with Crippen LogP contribution in [0.5, 0.6) is 0 Å². The molecule has 1 heterocycles. The topological polar surface area (TPSA) is 70.1 Å². The zero-order valence-electron chi connectivity index (χ0n) is 32.5. The van der Waals surface area contributed by atoms with E-state index in [1.807, 2.05) is 0 Å². The van der Waals surface area contributed by atoms with Gasteiger partial charge in [-0.1, -0.05) is 195 Å². The van der Waals surface area contributed by atoms with Crippen molar-refractivity contribution in [3.63, 3.8) is 0 Å². The highest BCUT2D eigenvalue weighted by atomic mass is 32.3. The fourth-order valence-electron chi connectivity index (χ4n) is 7.39. The van der Waals surface area contributed by atoms with Gasteiger partial charge in [0, 0.05) is 19.1 Å². The van der Waals surface area contributed by atoms with Crippen LogP contribution in [0.3, 0.4) is 0 Å². The minimum absolute atomic E-state index is 0.0289. The minimum atomic E-state index is -4.17. The van der Waals surface area contributed by atoms with Crippen molar-refractivity contribution < 1.29 is 17.2 Å². The standard InChI is InChI=1S/C38H78N2.C2H6O4S/c1-5-9-11-13-15-17-19-21-23-25-27-29-31-33-37(7-3)40-36-35-39(8-4)38(40)34-32-30-28-26-24-22-20-18-16-14-12-10-6-2;1-2-6-7(3,4)5/h37-38H,5-36H2,1-4H3;2H2,1H3,(H,3,4,5). The molecule has 284 valence electrons. The summed E-state index contributed by atoms with van der Waals surface area (Å²) in [7, 11) is -4.17. The van der Waals surface area contributed by atoms with Crippen LogP contribution in [0.1, 0.15) is 221 Å². The van der Waals surface area contributed by atoms with E-state index in [1.165, 1.54) is 213 Å². The van der Waals surface area contributed by atoms with Gasteiger partial charge >= 0.3 is 10.4 Å². The third kappa shape index (κ3) is 29.2. The van der Waals surface area contributed by atoms with Crippen LogP contribution in [-0.2, 0) is 14.6 Å². The van der Waals surface area contributed by atoms with Gasteiger partial charge in [0.25, 0.3) is 0 Å². The largest absolute Gasteiger partial charge is 0.397 e. The highest BCUT2D eigenvalue weighted by Gasteiger charge is 2.33. The van der Waals surface area contributed by atoms with Crippen molar-refractivity contribution in [2.24, 2.45) is 0 Å². The van der Waals surface area contributed by atoms with Gasteiger partial charge in [0.15, 0.2) is 0 Å². The lowest BCUT2D eigenvalue weighted by Gasteiger charge is -2.35. The van der Waals surface area contributed by atoms with Gasteiger partial charge in [-0.05, 0) is 32.7 Å². The van der Waals surface area contributed by atoms with Crippen molar-refractivity contribution >= 4 is 10.4 Å². The third-order valence-electron chi connectivity index (χ3n) is 10.3. The fraction of sp³-hybridized carbons (Fsp3) is 1.00. The molecule has 1 N–H and O–H groups in total. The molecule has 7 heteroatoms. The van der Waals surface area contributed by atoms with Gasteiger partial charge in [-0.3, -0.25) is 14.4 Å². The first-order valence-electron chi connectivity index (χ1n) is 21.0. The van der Waals surface area contributed by atoms with E-state index in [4.69, 9.17) is 4.55 Å². The quantitative estimate of drug-likeness (QED) is 0.0546. The van der Waals surface area contributed by atoms with E-state index in [0.29, 0.717) is 0 Å².